The molecule has 0 atom stereocenters. The molecule has 0 radical (unpaired) electrons. The number of nitrogens with zero attached hydrogens (tertiary/aromatic N) is 3. The summed E-state index contributed by atoms with van der Waals surface area (Å²) in [4.78, 5) is 16.3. The second kappa shape index (κ2) is 9.24. The van der Waals surface area contributed by atoms with Gasteiger partial charge in [-0.1, -0.05) is 13.0 Å². The van der Waals surface area contributed by atoms with Crippen LogP contribution in [0.15, 0.2) is 42.6 Å². The first-order valence-electron chi connectivity index (χ1n) is 9.92. The molecule has 0 bridgehead atoms. The van der Waals surface area contributed by atoms with Crippen LogP contribution in [0.4, 0.5) is 4.79 Å². The van der Waals surface area contributed by atoms with E-state index in [1.165, 1.54) is 5.69 Å². The molecule has 1 N–H and O–H groups in total. The van der Waals surface area contributed by atoms with Crippen LogP contribution in [0.25, 0.3) is 10.9 Å². The topological polar surface area (TPSA) is 79.9 Å². The SMILES string of the molecule is CCc1c(CCNC(=O)OC(C)C)c2cc(C#N)ccc2n1Cc1ccccn1. The van der Waals surface area contributed by atoms with Gasteiger partial charge in [-0.2, -0.15) is 5.26 Å². The number of nitrogens with one attached hydrogen (secondary N) is 1. The molecule has 6 nitrogen and oxygen atoms in total. The van der Waals surface area contributed by atoms with Crippen LogP contribution in [-0.4, -0.2) is 28.3 Å². The zero-order valence-corrected chi connectivity index (χ0v) is 17.1. The smallest absolute Gasteiger partial charge is 0.407 e. The second-order valence-electron chi connectivity index (χ2n) is 7.16. The summed E-state index contributed by atoms with van der Waals surface area (Å²) in [7, 11) is 0. The molecule has 0 fully saturated rings. The van der Waals surface area contributed by atoms with Crippen LogP contribution in [0.3, 0.4) is 0 Å². The van der Waals surface area contributed by atoms with Crippen molar-refractivity contribution in [2.75, 3.05) is 6.54 Å². The molecule has 1 amide bonds. The number of amides is 1. The van der Waals surface area contributed by atoms with Gasteiger partial charge in [-0.25, -0.2) is 4.79 Å². The molecule has 1 aromatic carbocycles. The summed E-state index contributed by atoms with van der Waals surface area (Å²) in [5, 5.41) is 13.2. The number of hydrogen-bond acceptors (Lipinski definition) is 4. The molecule has 0 unspecified atom stereocenters. The molecular weight excluding hydrogens is 364 g/mol. The van der Waals surface area contributed by atoms with E-state index in [1.54, 1.807) is 6.20 Å². The minimum atomic E-state index is -0.409. The standard InChI is InChI=1S/C23H26N4O2/c1-4-21-19(10-12-26-23(28)29-16(2)3)20-13-17(14-24)8-9-22(20)27(21)15-18-7-5-6-11-25-18/h5-9,11,13,16H,4,10,12,15H2,1-3H3,(H,26,28). The normalized spacial score (nSPS) is 10.9. The molecule has 0 spiro atoms. The van der Waals surface area contributed by atoms with Crippen LogP contribution in [0, 0.1) is 11.3 Å². The highest BCUT2D eigenvalue weighted by atomic mass is 16.6. The average Bonchev–Trinajstić information content (AvgIpc) is 3.00. The zero-order chi connectivity index (χ0) is 20.8. The van der Waals surface area contributed by atoms with E-state index in [1.807, 2.05) is 50.2 Å². The van der Waals surface area contributed by atoms with Crippen molar-refractivity contribution in [2.45, 2.75) is 46.3 Å². The van der Waals surface area contributed by atoms with Gasteiger partial charge >= 0.3 is 6.09 Å². The minimum absolute atomic E-state index is 0.153. The lowest BCUT2D eigenvalue weighted by atomic mass is 10.0. The molecule has 0 saturated heterocycles. The van der Waals surface area contributed by atoms with Crippen LogP contribution in [-0.2, 0) is 24.1 Å². The van der Waals surface area contributed by atoms with Crippen molar-refractivity contribution in [1.29, 1.82) is 5.26 Å². The molecule has 150 valence electrons. The van der Waals surface area contributed by atoms with Crippen molar-refractivity contribution < 1.29 is 9.53 Å². The summed E-state index contributed by atoms with van der Waals surface area (Å²) in [5.41, 5.74) is 5.03. The van der Waals surface area contributed by atoms with Crippen molar-refractivity contribution in [3.05, 3.63) is 65.1 Å². The Hall–Kier alpha value is -3.33. The number of nitriles is 1. The van der Waals surface area contributed by atoms with Gasteiger partial charge in [-0.15, -0.1) is 0 Å². The monoisotopic (exact) mass is 390 g/mol. The van der Waals surface area contributed by atoms with Crippen molar-refractivity contribution in [2.24, 2.45) is 0 Å². The number of ether oxygens (including phenoxy) is 1. The van der Waals surface area contributed by atoms with Gasteiger partial charge in [0.1, 0.15) is 0 Å². The van der Waals surface area contributed by atoms with Gasteiger partial charge < -0.3 is 14.6 Å². The maximum atomic E-state index is 11.8. The third-order valence-electron chi connectivity index (χ3n) is 4.78. The van der Waals surface area contributed by atoms with Gasteiger partial charge in [-0.3, -0.25) is 4.98 Å². The maximum absolute atomic E-state index is 11.8. The first kappa shape index (κ1) is 20.4. The quantitative estimate of drug-likeness (QED) is 0.656. The van der Waals surface area contributed by atoms with Crippen molar-refractivity contribution in [3.8, 4) is 6.07 Å². The number of carbonyl (C=O) groups excluding carboxylic acids is 1. The lowest BCUT2D eigenvalue weighted by Gasteiger charge is -2.12. The molecule has 2 aromatic heterocycles. The minimum Gasteiger partial charge on any atom is -0.447 e. The van der Waals surface area contributed by atoms with E-state index >= 15 is 0 Å². The Kier molecular flexibility index (Phi) is 6.50. The average molecular weight is 390 g/mol. The molecule has 3 rings (SSSR count). The van der Waals surface area contributed by atoms with E-state index in [4.69, 9.17) is 4.74 Å². The van der Waals surface area contributed by atoms with Crippen molar-refractivity contribution in [1.82, 2.24) is 14.9 Å². The maximum Gasteiger partial charge on any atom is 0.407 e. The summed E-state index contributed by atoms with van der Waals surface area (Å²) in [6.07, 6.45) is 2.74. The summed E-state index contributed by atoms with van der Waals surface area (Å²) in [6.45, 7) is 6.90. The first-order valence-corrected chi connectivity index (χ1v) is 9.92. The van der Waals surface area contributed by atoms with Crippen LogP contribution in [0.2, 0.25) is 0 Å². The number of hydrogen-bond donors (Lipinski definition) is 1. The molecule has 0 aliphatic heterocycles. The van der Waals surface area contributed by atoms with Crippen LogP contribution in [0.5, 0.6) is 0 Å². The van der Waals surface area contributed by atoms with E-state index in [0.717, 1.165) is 28.6 Å². The first-order chi connectivity index (χ1) is 14.0. The Morgan fingerprint density at radius 3 is 2.79 bits per heavy atom. The number of benzene rings is 1. The van der Waals surface area contributed by atoms with E-state index in [2.05, 4.69) is 27.9 Å². The predicted octanol–water partition coefficient (Wildman–Crippen LogP) is 4.20. The van der Waals surface area contributed by atoms with Gasteiger partial charge in [0.15, 0.2) is 0 Å². The van der Waals surface area contributed by atoms with Gasteiger partial charge in [0.05, 0.1) is 30.0 Å². The summed E-state index contributed by atoms with van der Waals surface area (Å²) < 4.78 is 7.41. The molecule has 29 heavy (non-hydrogen) atoms. The summed E-state index contributed by atoms with van der Waals surface area (Å²) in [6, 6.07) is 13.9. The molecule has 2 heterocycles. The Balaban J connectivity index is 1.96. The fraction of sp³-hybridized carbons (Fsp3) is 0.348. The number of pyridine rings is 1. The fourth-order valence-corrected chi connectivity index (χ4v) is 3.61. The number of rotatable bonds is 7. The van der Waals surface area contributed by atoms with Crippen molar-refractivity contribution >= 4 is 17.0 Å². The number of carbonyl (C=O) groups is 1. The van der Waals surface area contributed by atoms with E-state index in [9.17, 15) is 10.1 Å². The Morgan fingerprint density at radius 1 is 1.31 bits per heavy atom. The Bertz CT molecular complexity index is 1030. The highest BCUT2D eigenvalue weighted by Crippen LogP contribution is 2.29. The molecule has 3 aromatic rings. The van der Waals surface area contributed by atoms with Crippen molar-refractivity contribution in [3.63, 3.8) is 0 Å². The van der Waals surface area contributed by atoms with Crippen LogP contribution >= 0.6 is 0 Å². The molecule has 6 heteroatoms. The lowest BCUT2D eigenvalue weighted by Crippen LogP contribution is -2.28. The highest BCUT2D eigenvalue weighted by molar-refractivity contribution is 5.87. The molecular formula is C23H26N4O2. The third-order valence-corrected chi connectivity index (χ3v) is 4.78. The number of fused-ring (bicyclic) bond motifs is 1. The molecule has 0 saturated carbocycles. The van der Waals surface area contributed by atoms with E-state index in [-0.39, 0.29) is 6.10 Å². The largest absolute Gasteiger partial charge is 0.447 e. The fourth-order valence-electron chi connectivity index (χ4n) is 3.61. The Labute approximate surface area is 171 Å². The molecule has 0 aliphatic rings. The van der Waals surface area contributed by atoms with Gasteiger partial charge in [0.25, 0.3) is 0 Å². The van der Waals surface area contributed by atoms with Gasteiger partial charge in [0.2, 0.25) is 0 Å². The van der Waals surface area contributed by atoms with Crippen LogP contribution in [0.1, 0.15) is 43.3 Å². The Morgan fingerprint density at radius 2 is 2.14 bits per heavy atom. The molecule has 0 aliphatic carbocycles. The zero-order valence-electron chi connectivity index (χ0n) is 17.1. The number of aromatic nitrogens is 2. The van der Waals surface area contributed by atoms with E-state index in [0.29, 0.717) is 25.1 Å². The summed E-state index contributed by atoms with van der Waals surface area (Å²) in [5.74, 6) is 0. The second-order valence-corrected chi connectivity index (χ2v) is 7.16. The van der Waals surface area contributed by atoms with Gasteiger partial charge in [-0.05, 0) is 62.6 Å². The summed E-state index contributed by atoms with van der Waals surface area (Å²) >= 11 is 0. The third kappa shape index (κ3) is 4.75. The highest BCUT2D eigenvalue weighted by Gasteiger charge is 2.17. The van der Waals surface area contributed by atoms with E-state index < -0.39 is 6.09 Å². The lowest BCUT2D eigenvalue weighted by molar-refractivity contribution is 0.116. The predicted molar refractivity (Wildman–Crippen MR) is 113 cm³/mol. The van der Waals surface area contributed by atoms with Crippen LogP contribution < -0.4 is 5.32 Å². The number of alkyl carbamates (subject to hydrolysis) is 1. The van der Waals surface area contributed by atoms with Gasteiger partial charge in [0, 0.05) is 29.3 Å².